The van der Waals surface area contributed by atoms with Gasteiger partial charge in [-0.25, -0.2) is 17.2 Å². The number of piperazine rings is 1. The molecule has 0 saturated carbocycles. The van der Waals surface area contributed by atoms with Gasteiger partial charge in [0.2, 0.25) is 10.0 Å². The van der Waals surface area contributed by atoms with E-state index >= 15 is 0 Å². The molecule has 1 heterocycles. The lowest BCUT2D eigenvalue weighted by Gasteiger charge is -2.38. The smallest absolute Gasteiger partial charge is 0.266 e. The Balaban J connectivity index is 1.66. The van der Waals surface area contributed by atoms with E-state index in [2.05, 4.69) is 0 Å². The highest BCUT2D eigenvalue weighted by molar-refractivity contribution is 7.89. The Bertz CT molecular complexity index is 1040. The molecule has 162 valence electrons. The Morgan fingerprint density at radius 1 is 1.03 bits per heavy atom. The molecule has 0 aromatic heterocycles. The Kier molecular flexibility index (Phi) is 6.35. The van der Waals surface area contributed by atoms with Crippen molar-refractivity contribution in [3.05, 3.63) is 59.1 Å². The van der Waals surface area contributed by atoms with Crippen molar-refractivity contribution < 1.29 is 26.7 Å². The third kappa shape index (κ3) is 4.74. The Morgan fingerprint density at radius 2 is 1.63 bits per heavy atom. The fourth-order valence-electron chi connectivity index (χ4n) is 3.18. The monoisotopic (exact) mass is 458 g/mol. The summed E-state index contributed by atoms with van der Waals surface area (Å²) in [6, 6.07) is 8.93. The minimum Gasteiger partial charge on any atom is -0.478 e. The van der Waals surface area contributed by atoms with Crippen LogP contribution in [0.2, 0.25) is 5.02 Å². The van der Waals surface area contributed by atoms with Crippen molar-refractivity contribution in [2.75, 3.05) is 26.2 Å². The predicted molar refractivity (Wildman–Crippen MR) is 108 cm³/mol. The standard InChI is InChI=1S/C20H21ClF2N2O4S/c1-20(2,29-16-6-3-14(21)4-7-16)19(26)24-9-11-25(12-10-24)30(27,28)18-8-5-15(22)13-17(18)23/h3-8,13H,9-12H2,1-2H3. The molecule has 1 fully saturated rings. The molecule has 1 aliphatic heterocycles. The van der Waals surface area contributed by atoms with Gasteiger partial charge in [-0.1, -0.05) is 11.6 Å². The van der Waals surface area contributed by atoms with Crippen LogP contribution in [0.5, 0.6) is 5.75 Å². The van der Waals surface area contributed by atoms with Gasteiger partial charge < -0.3 is 9.64 Å². The number of carbonyl (C=O) groups is 1. The molecular weight excluding hydrogens is 438 g/mol. The molecule has 0 N–H and O–H groups in total. The van der Waals surface area contributed by atoms with E-state index in [1.807, 2.05) is 0 Å². The average Bonchev–Trinajstić information content (AvgIpc) is 2.69. The molecule has 0 unspecified atom stereocenters. The number of rotatable bonds is 5. The fourth-order valence-corrected chi connectivity index (χ4v) is 4.77. The maximum atomic E-state index is 14.0. The molecule has 1 aliphatic rings. The van der Waals surface area contributed by atoms with Crippen LogP contribution in [0.4, 0.5) is 8.78 Å². The maximum Gasteiger partial charge on any atom is 0.266 e. The highest BCUT2D eigenvalue weighted by Gasteiger charge is 2.38. The summed E-state index contributed by atoms with van der Waals surface area (Å²) < 4.78 is 59.3. The zero-order valence-electron chi connectivity index (χ0n) is 16.4. The fraction of sp³-hybridized carbons (Fsp3) is 0.350. The van der Waals surface area contributed by atoms with Crippen molar-refractivity contribution >= 4 is 27.5 Å². The number of benzene rings is 2. The van der Waals surface area contributed by atoms with Crippen LogP contribution in [0.3, 0.4) is 0 Å². The van der Waals surface area contributed by atoms with Crippen molar-refractivity contribution in [3.8, 4) is 5.75 Å². The summed E-state index contributed by atoms with van der Waals surface area (Å²) in [5, 5.41) is 0.543. The lowest BCUT2D eigenvalue weighted by Crippen LogP contribution is -2.56. The molecule has 2 aromatic carbocycles. The molecule has 0 atom stereocenters. The number of halogens is 3. The van der Waals surface area contributed by atoms with E-state index in [1.165, 1.54) is 4.90 Å². The minimum atomic E-state index is -4.14. The quantitative estimate of drug-likeness (QED) is 0.689. The Morgan fingerprint density at radius 3 is 2.20 bits per heavy atom. The first-order valence-corrected chi connectivity index (χ1v) is 11.0. The van der Waals surface area contributed by atoms with E-state index in [1.54, 1.807) is 38.1 Å². The second-order valence-electron chi connectivity index (χ2n) is 7.34. The first-order valence-electron chi connectivity index (χ1n) is 9.20. The number of hydrogen-bond donors (Lipinski definition) is 0. The molecule has 30 heavy (non-hydrogen) atoms. The third-order valence-electron chi connectivity index (χ3n) is 4.74. The first-order chi connectivity index (χ1) is 14.0. The second-order valence-corrected chi connectivity index (χ2v) is 9.68. The number of nitrogens with zero attached hydrogens (tertiary/aromatic N) is 2. The lowest BCUT2D eigenvalue weighted by atomic mass is 10.1. The third-order valence-corrected chi connectivity index (χ3v) is 6.92. The largest absolute Gasteiger partial charge is 0.478 e. The van der Waals surface area contributed by atoms with Crippen LogP contribution in [-0.4, -0.2) is 55.3 Å². The van der Waals surface area contributed by atoms with Crippen molar-refractivity contribution in [2.45, 2.75) is 24.3 Å². The lowest BCUT2D eigenvalue weighted by molar-refractivity contribution is -0.146. The molecule has 0 aliphatic carbocycles. The highest BCUT2D eigenvalue weighted by Crippen LogP contribution is 2.25. The van der Waals surface area contributed by atoms with Crippen LogP contribution < -0.4 is 4.74 Å². The summed E-state index contributed by atoms with van der Waals surface area (Å²) >= 11 is 5.85. The van der Waals surface area contributed by atoms with Gasteiger partial charge in [0.15, 0.2) is 5.60 Å². The summed E-state index contributed by atoms with van der Waals surface area (Å²) in [5.74, 6) is -1.83. The van der Waals surface area contributed by atoms with E-state index in [-0.39, 0.29) is 32.1 Å². The Labute approximate surface area is 179 Å². The summed E-state index contributed by atoms with van der Waals surface area (Å²) in [5.41, 5.74) is -1.18. The van der Waals surface area contributed by atoms with Crippen LogP contribution in [0.1, 0.15) is 13.8 Å². The van der Waals surface area contributed by atoms with Gasteiger partial charge in [-0.2, -0.15) is 4.31 Å². The predicted octanol–water partition coefficient (Wildman–Crippen LogP) is 3.31. The van der Waals surface area contributed by atoms with Gasteiger partial charge in [0.1, 0.15) is 22.3 Å². The number of ether oxygens (including phenoxy) is 1. The van der Waals surface area contributed by atoms with E-state index in [4.69, 9.17) is 16.3 Å². The zero-order chi connectivity index (χ0) is 22.1. The van der Waals surface area contributed by atoms with Crippen molar-refractivity contribution in [1.82, 2.24) is 9.21 Å². The number of sulfonamides is 1. The SMILES string of the molecule is CC(C)(Oc1ccc(Cl)cc1)C(=O)N1CCN(S(=O)(=O)c2ccc(F)cc2F)CC1. The van der Waals surface area contributed by atoms with Crippen LogP contribution >= 0.6 is 11.6 Å². The maximum absolute atomic E-state index is 14.0. The molecule has 0 radical (unpaired) electrons. The normalized spacial score (nSPS) is 15.8. The molecule has 1 saturated heterocycles. The van der Waals surface area contributed by atoms with Gasteiger partial charge in [-0.3, -0.25) is 4.79 Å². The molecular formula is C20H21ClF2N2O4S. The second kappa shape index (κ2) is 8.49. The van der Waals surface area contributed by atoms with Gasteiger partial charge >= 0.3 is 0 Å². The van der Waals surface area contributed by atoms with Crippen LogP contribution in [0, 0.1) is 11.6 Å². The summed E-state index contributed by atoms with van der Waals surface area (Å²) in [4.78, 5) is 13.8. The molecule has 10 heteroatoms. The summed E-state index contributed by atoms with van der Waals surface area (Å²) in [7, 11) is -4.14. The van der Waals surface area contributed by atoms with Gasteiger partial charge in [-0.05, 0) is 50.2 Å². The minimum absolute atomic E-state index is 0.0120. The first kappa shape index (κ1) is 22.5. The van der Waals surface area contributed by atoms with Gasteiger partial charge in [0.25, 0.3) is 5.91 Å². The van der Waals surface area contributed by atoms with E-state index in [0.29, 0.717) is 16.8 Å². The van der Waals surface area contributed by atoms with E-state index in [0.717, 1.165) is 16.4 Å². The number of hydrogen-bond acceptors (Lipinski definition) is 4. The Hall–Kier alpha value is -2.23. The van der Waals surface area contributed by atoms with E-state index < -0.39 is 32.2 Å². The number of amides is 1. The van der Waals surface area contributed by atoms with Crippen LogP contribution in [-0.2, 0) is 14.8 Å². The van der Waals surface area contributed by atoms with Gasteiger partial charge in [0, 0.05) is 37.3 Å². The topological polar surface area (TPSA) is 66.9 Å². The average molecular weight is 459 g/mol. The molecule has 0 spiro atoms. The van der Waals surface area contributed by atoms with Crippen molar-refractivity contribution in [3.63, 3.8) is 0 Å². The number of carbonyl (C=O) groups excluding carboxylic acids is 1. The molecule has 1 amide bonds. The summed E-state index contributed by atoms with van der Waals surface area (Å²) in [6.07, 6.45) is 0. The highest BCUT2D eigenvalue weighted by atomic mass is 35.5. The molecule has 0 bridgehead atoms. The molecule has 3 rings (SSSR count). The summed E-state index contributed by atoms with van der Waals surface area (Å²) in [6.45, 7) is 3.47. The van der Waals surface area contributed by atoms with Crippen molar-refractivity contribution in [2.24, 2.45) is 0 Å². The van der Waals surface area contributed by atoms with Crippen LogP contribution in [0.25, 0.3) is 0 Å². The molecule has 6 nitrogen and oxygen atoms in total. The molecule has 2 aromatic rings. The van der Waals surface area contributed by atoms with Gasteiger partial charge in [0.05, 0.1) is 0 Å². The zero-order valence-corrected chi connectivity index (χ0v) is 18.0. The van der Waals surface area contributed by atoms with Crippen molar-refractivity contribution in [1.29, 1.82) is 0 Å². The van der Waals surface area contributed by atoms with E-state index in [9.17, 15) is 22.0 Å². The van der Waals surface area contributed by atoms with Crippen LogP contribution in [0.15, 0.2) is 47.4 Å². The van der Waals surface area contributed by atoms with Gasteiger partial charge in [-0.15, -0.1) is 0 Å².